The van der Waals surface area contributed by atoms with E-state index < -0.39 is 0 Å². The standard InChI is InChI=1S/C19H19N3O2/c23-19(15-8-11-24-12-9-15)20-16-6-4-14(5-7-16)17-13-22-10-2-1-3-18(22)21-17/h1-7,10,13,15H,8-9,11-12H2,(H,20,23). The van der Waals surface area contributed by atoms with Crippen molar-refractivity contribution in [2.45, 2.75) is 12.8 Å². The van der Waals surface area contributed by atoms with Gasteiger partial charge in [0.05, 0.1) is 5.69 Å². The Kier molecular flexibility index (Phi) is 4.01. The molecule has 3 aromatic rings. The van der Waals surface area contributed by atoms with Gasteiger partial charge in [-0.1, -0.05) is 18.2 Å². The van der Waals surface area contributed by atoms with Gasteiger partial charge >= 0.3 is 0 Å². The third kappa shape index (κ3) is 3.03. The summed E-state index contributed by atoms with van der Waals surface area (Å²) >= 11 is 0. The first kappa shape index (κ1) is 14.9. The van der Waals surface area contributed by atoms with Gasteiger partial charge in [0, 0.05) is 42.8 Å². The number of carbonyl (C=O) groups excluding carboxylic acids is 1. The molecular formula is C19H19N3O2. The van der Waals surface area contributed by atoms with Gasteiger partial charge in [0.15, 0.2) is 0 Å². The van der Waals surface area contributed by atoms with Crippen molar-refractivity contribution in [3.8, 4) is 11.3 Å². The Labute approximate surface area is 140 Å². The number of ether oxygens (including phenoxy) is 1. The molecular weight excluding hydrogens is 302 g/mol. The molecule has 1 N–H and O–H groups in total. The summed E-state index contributed by atoms with van der Waals surface area (Å²) in [5.41, 5.74) is 3.69. The highest BCUT2D eigenvalue weighted by Crippen LogP contribution is 2.22. The van der Waals surface area contributed by atoms with Crippen molar-refractivity contribution >= 4 is 17.2 Å². The molecule has 1 saturated heterocycles. The Hall–Kier alpha value is -2.66. The first-order chi connectivity index (χ1) is 11.8. The summed E-state index contributed by atoms with van der Waals surface area (Å²) in [4.78, 5) is 16.9. The highest BCUT2D eigenvalue weighted by molar-refractivity contribution is 5.92. The largest absolute Gasteiger partial charge is 0.381 e. The molecule has 0 bridgehead atoms. The molecule has 2 aromatic heterocycles. The van der Waals surface area contributed by atoms with Crippen LogP contribution in [0.15, 0.2) is 54.9 Å². The topological polar surface area (TPSA) is 55.6 Å². The number of carbonyl (C=O) groups is 1. The molecule has 1 aliphatic heterocycles. The average molecular weight is 321 g/mol. The second-order valence-corrected chi connectivity index (χ2v) is 6.05. The van der Waals surface area contributed by atoms with Gasteiger partial charge < -0.3 is 14.5 Å². The lowest BCUT2D eigenvalue weighted by Crippen LogP contribution is -2.28. The average Bonchev–Trinajstić information content (AvgIpc) is 3.07. The van der Waals surface area contributed by atoms with Crippen molar-refractivity contribution in [2.24, 2.45) is 5.92 Å². The molecule has 0 unspecified atom stereocenters. The van der Waals surface area contributed by atoms with Crippen molar-refractivity contribution < 1.29 is 9.53 Å². The van der Waals surface area contributed by atoms with E-state index in [1.165, 1.54) is 0 Å². The van der Waals surface area contributed by atoms with E-state index in [2.05, 4.69) is 10.3 Å². The molecule has 0 spiro atoms. The van der Waals surface area contributed by atoms with Gasteiger partial charge in [-0.25, -0.2) is 4.98 Å². The smallest absolute Gasteiger partial charge is 0.227 e. The number of fused-ring (bicyclic) bond motifs is 1. The van der Waals surface area contributed by atoms with Gasteiger partial charge in [-0.05, 0) is 37.1 Å². The number of anilines is 1. The molecule has 1 aliphatic rings. The van der Waals surface area contributed by atoms with Crippen LogP contribution in [0.1, 0.15) is 12.8 Å². The number of imidazole rings is 1. The van der Waals surface area contributed by atoms with Crippen LogP contribution in [0.5, 0.6) is 0 Å². The number of pyridine rings is 1. The lowest BCUT2D eigenvalue weighted by molar-refractivity contribution is -0.122. The predicted molar refractivity (Wildman–Crippen MR) is 92.8 cm³/mol. The minimum atomic E-state index is 0.0527. The van der Waals surface area contributed by atoms with E-state index in [0.717, 1.165) is 35.4 Å². The Morgan fingerprint density at radius 3 is 2.67 bits per heavy atom. The number of benzene rings is 1. The molecule has 1 fully saturated rings. The highest BCUT2D eigenvalue weighted by atomic mass is 16.5. The molecule has 0 aliphatic carbocycles. The molecule has 122 valence electrons. The van der Waals surface area contributed by atoms with Gasteiger partial charge in [0.25, 0.3) is 0 Å². The van der Waals surface area contributed by atoms with E-state index in [4.69, 9.17) is 4.74 Å². The Bertz CT molecular complexity index is 815. The van der Waals surface area contributed by atoms with Crippen LogP contribution in [0.3, 0.4) is 0 Å². The molecule has 0 saturated carbocycles. The molecule has 1 aromatic carbocycles. The molecule has 5 heteroatoms. The van der Waals surface area contributed by atoms with Crippen LogP contribution in [-0.4, -0.2) is 28.5 Å². The maximum absolute atomic E-state index is 12.3. The predicted octanol–water partition coefficient (Wildman–Crippen LogP) is 3.37. The van der Waals surface area contributed by atoms with Crippen LogP contribution >= 0.6 is 0 Å². The van der Waals surface area contributed by atoms with Crippen LogP contribution in [0, 0.1) is 5.92 Å². The molecule has 5 nitrogen and oxygen atoms in total. The maximum Gasteiger partial charge on any atom is 0.227 e. The Balaban J connectivity index is 1.48. The minimum Gasteiger partial charge on any atom is -0.381 e. The molecule has 4 rings (SSSR count). The zero-order valence-corrected chi connectivity index (χ0v) is 13.3. The van der Waals surface area contributed by atoms with Crippen LogP contribution < -0.4 is 5.32 Å². The van der Waals surface area contributed by atoms with E-state index in [1.54, 1.807) is 0 Å². The number of aromatic nitrogens is 2. The fourth-order valence-electron chi connectivity index (χ4n) is 3.00. The second-order valence-electron chi connectivity index (χ2n) is 6.05. The summed E-state index contributed by atoms with van der Waals surface area (Å²) in [6.45, 7) is 1.34. The number of amides is 1. The number of rotatable bonds is 3. The van der Waals surface area contributed by atoms with Gasteiger partial charge in [-0.15, -0.1) is 0 Å². The van der Waals surface area contributed by atoms with Crippen molar-refractivity contribution in [3.63, 3.8) is 0 Å². The van der Waals surface area contributed by atoms with Gasteiger partial charge in [-0.3, -0.25) is 4.79 Å². The van der Waals surface area contributed by atoms with Crippen molar-refractivity contribution in [3.05, 3.63) is 54.9 Å². The van der Waals surface area contributed by atoms with Gasteiger partial charge in [0.1, 0.15) is 5.65 Å². The lowest BCUT2D eigenvalue weighted by Gasteiger charge is -2.21. The van der Waals surface area contributed by atoms with Gasteiger partial charge in [-0.2, -0.15) is 0 Å². The normalized spacial score (nSPS) is 15.5. The quantitative estimate of drug-likeness (QED) is 0.805. The number of hydrogen-bond acceptors (Lipinski definition) is 3. The summed E-state index contributed by atoms with van der Waals surface area (Å²) in [7, 11) is 0. The van der Waals surface area contributed by atoms with E-state index >= 15 is 0 Å². The third-order valence-corrected chi connectivity index (χ3v) is 4.40. The fourth-order valence-corrected chi connectivity index (χ4v) is 3.00. The summed E-state index contributed by atoms with van der Waals surface area (Å²) in [5, 5.41) is 3.00. The van der Waals surface area contributed by atoms with Crippen molar-refractivity contribution in [1.82, 2.24) is 9.38 Å². The molecule has 0 radical (unpaired) electrons. The van der Waals surface area contributed by atoms with Crippen LogP contribution in [0.25, 0.3) is 16.9 Å². The Morgan fingerprint density at radius 1 is 1.12 bits per heavy atom. The highest BCUT2D eigenvalue weighted by Gasteiger charge is 2.21. The first-order valence-corrected chi connectivity index (χ1v) is 8.22. The van der Waals surface area contributed by atoms with E-state index in [-0.39, 0.29) is 11.8 Å². The van der Waals surface area contributed by atoms with Crippen LogP contribution in [0.4, 0.5) is 5.69 Å². The van der Waals surface area contributed by atoms with Crippen molar-refractivity contribution in [2.75, 3.05) is 18.5 Å². The molecule has 0 atom stereocenters. The van der Waals surface area contributed by atoms with Crippen LogP contribution in [-0.2, 0) is 9.53 Å². The molecule has 1 amide bonds. The number of nitrogens with zero attached hydrogens (tertiary/aromatic N) is 2. The summed E-state index contributed by atoms with van der Waals surface area (Å²) in [5.74, 6) is 0.135. The van der Waals surface area contributed by atoms with E-state index in [9.17, 15) is 4.79 Å². The summed E-state index contributed by atoms with van der Waals surface area (Å²) < 4.78 is 7.30. The Morgan fingerprint density at radius 2 is 1.92 bits per heavy atom. The monoisotopic (exact) mass is 321 g/mol. The van der Waals surface area contributed by atoms with Crippen molar-refractivity contribution in [1.29, 1.82) is 0 Å². The van der Waals surface area contributed by atoms with Gasteiger partial charge in [0.2, 0.25) is 5.91 Å². The third-order valence-electron chi connectivity index (χ3n) is 4.40. The summed E-state index contributed by atoms with van der Waals surface area (Å²) in [6.07, 6.45) is 5.58. The lowest BCUT2D eigenvalue weighted by atomic mass is 9.99. The fraction of sp³-hybridized carbons (Fsp3) is 0.263. The zero-order valence-electron chi connectivity index (χ0n) is 13.3. The SMILES string of the molecule is O=C(Nc1ccc(-c2cn3ccccc3n2)cc1)C1CCOCC1. The minimum absolute atomic E-state index is 0.0527. The second kappa shape index (κ2) is 6.45. The van der Waals surface area contributed by atoms with Crippen LogP contribution in [0.2, 0.25) is 0 Å². The molecule has 24 heavy (non-hydrogen) atoms. The van der Waals surface area contributed by atoms with E-state index in [0.29, 0.717) is 13.2 Å². The number of hydrogen-bond donors (Lipinski definition) is 1. The summed E-state index contributed by atoms with van der Waals surface area (Å²) in [6, 6.07) is 13.8. The number of nitrogens with one attached hydrogen (secondary N) is 1. The van der Waals surface area contributed by atoms with E-state index in [1.807, 2.05) is 59.3 Å². The first-order valence-electron chi connectivity index (χ1n) is 8.22. The molecule has 3 heterocycles. The zero-order chi connectivity index (χ0) is 16.4. The maximum atomic E-state index is 12.3.